The van der Waals surface area contributed by atoms with Crippen molar-refractivity contribution in [3.05, 3.63) is 0 Å². The van der Waals surface area contributed by atoms with Crippen LogP contribution in [0.4, 0.5) is 4.79 Å². The number of carbonyl (C=O) groups excluding carboxylic acids is 5. The van der Waals surface area contributed by atoms with E-state index in [0.717, 1.165) is 77.0 Å². The zero-order chi connectivity index (χ0) is 28.6. The molecule has 5 atom stereocenters. The van der Waals surface area contributed by atoms with E-state index in [1.807, 2.05) is 0 Å². The van der Waals surface area contributed by atoms with Crippen LogP contribution >= 0.6 is 23.2 Å². The minimum atomic E-state index is -1.17. The minimum Gasteiger partial charge on any atom is -0.446 e. The predicted molar refractivity (Wildman–Crippen MR) is 147 cm³/mol. The van der Waals surface area contributed by atoms with Gasteiger partial charge in [0.1, 0.15) is 22.5 Å². The van der Waals surface area contributed by atoms with Crippen molar-refractivity contribution in [1.82, 2.24) is 15.5 Å². The zero-order valence-corrected chi connectivity index (χ0v) is 24.3. The molecule has 0 bridgehead atoms. The summed E-state index contributed by atoms with van der Waals surface area (Å²) in [5.74, 6) is -3.62. The van der Waals surface area contributed by atoms with Gasteiger partial charge in [-0.25, -0.2) is 4.79 Å². The molecule has 0 aromatic heterocycles. The number of nitrogens with zero attached hydrogens (tertiary/aromatic N) is 1. The molecule has 1 heterocycles. The van der Waals surface area contributed by atoms with Crippen LogP contribution in [0.2, 0.25) is 0 Å². The number of hydrogen-bond donors (Lipinski definition) is 3. The first kappa shape index (κ1) is 29.4. The molecule has 1 aliphatic heterocycles. The number of primary amides is 1. The zero-order valence-electron chi connectivity index (χ0n) is 22.7. The average molecular weight is 600 g/mol. The molecule has 4 N–H and O–H groups in total. The third-order valence-electron chi connectivity index (χ3n) is 9.51. The van der Waals surface area contributed by atoms with Crippen molar-refractivity contribution in [3.8, 4) is 0 Å². The predicted octanol–water partition coefficient (Wildman–Crippen LogP) is 2.96. The number of carbonyl (C=O) groups is 5. The number of ether oxygens (including phenoxy) is 1. The first-order valence-electron chi connectivity index (χ1n) is 14.9. The van der Waals surface area contributed by atoms with Crippen LogP contribution in [0.1, 0.15) is 83.5 Å². The Morgan fingerprint density at radius 1 is 0.900 bits per heavy atom. The highest BCUT2D eigenvalue weighted by Gasteiger charge is 2.74. The summed E-state index contributed by atoms with van der Waals surface area (Å²) in [6.45, 7) is 0.161. The number of fused-ring (bicyclic) bond motifs is 1. The van der Waals surface area contributed by atoms with Crippen molar-refractivity contribution in [2.24, 2.45) is 29.4 Å². The molecule has 4 saturated carbocycles. The minimum absolute atomic E-state index is 0.0865. The molecule has 222 valence electrons. The van der Waals surface area contributed by atoms with Gasteiger partial charge in [0.05, 0.1) is 6.04 Å². The Morgan fingerprint density at radius 2 is 1.52 bits per heavy atom. The second-order valence-corrected chi connectivity index (χ2v) is 13.8. The molecule has 0 aromatic carbocycles. The largest absolute Gasteiger partial charge is 0.446 e. The average Bonchev–Trinajstić information content (AvgIpc) is 3.79. The van der Waals surface area contributed by atoms with Gasteiger partial charge in [-0.1, -0.05) is 38.5 Å². The second-order valence-electron chi connectivity index (χ2n) is 12.4. The summed E-state index contributed by atoms with van der Waals surface area (Å²) in [5, 5.41) is 5.56. The number of hydrogen-bond acceptors (Lipinski definition) is 6. The Bertz CT molecular complexity index is 1020. The van der Waals surface area contributed by atoms with Crippen molar-refractivity contribution in [3.63, 3.8) is 0 Å². The van der Waals surface area contributed by atoms with Gasteiger partial charge < -0.3 is 26.0 Å². The first-order valence-corrected chi connectivity index (χ1v) is 15.6. The lowest BCUT2D eigenvalue weighted by atomic mass is 9.83. The maximum atomic E-state index is 14.1. The molecule has 5 fully saturated rings. The molecule has 5 rings (SSSR count). The molecule has 5 aliphatic rings. The molecule has 1 unspecified atom stereocenters. The van der Waals surface area contributed by atoms with Crippen molar-refractivity contribution >= 4 is 52.8 Å². The number of likely N-dealkylation sites (tertiary alicyclic amines) is 1. The Hall–Kier alpha value is -2.07. The summed E-state index contributed by atoms with van der Waals surface area (Å²) in [5.41, 5.74) is 5.25. The first-order chi connectivity index (χ1) is 19.1. The number of nitrogens with one attached hydrogen (secondary N) is 2. The van der Waals surface area contributed by atoms with E-state index in [0.29, 0.717) is 6.42 Å². The van der Waals surface area contributed by atoms with Crippen molar-refractivity contribution < 1.29 is 28.7 Å². The number of amides is 4. The highest BCUT2D eigenvalue weighted by Crippen LogP contribution is 2.65. The molecule has 12 heteroatoms. The third-order valence-corrected chi connectivity index (χ3v) is 10.6. The molecule has 0 spiro atoms. The molecule has 4 aliphatic carbocycles. The van der Waals surface area contributed by atoms with Gasteiger partial charge in [0.2, 0.25) is 17.6 Å². The fourth-order valence-electron chi connectivity index (χ4n) is 7.00. The monoisotopic (exact) mass is 598 g/mol. The molecule has 0 aromatic rings. The Labute approximate surface area is 244 Å². The van der Waals surface area contributed by atoms with Gasteiger partial charge in [-0.05, 0) is 56.8 Å². The van der Waals surface area contributed by atoms with Gasteiger partial charge in [0.15, 0.2) is 0 Å². The van der Waals surface area contributed by atoms with Crippen LogP contribution in [-0.2, 0) is 23.9 Å². The summed E-state index contributed by atoms with van der Waals surface area (Å²) in [4.78, 5) is 66.4. The summed E-state index contributed by atoms with van der Waals surface area (Å²) in [7, 11) is 0. The van der Waals surface area contributed by atoms with E-state index in [9.17, 15) is 24.0 Å². The number of halogens is 2. The molecule has 10 nitrogen and oxygen atoms in total. The SMILES string of the molecule is NC(=O)C(=O)C(CC1CC1)NC(=O)[C@@H]1[C@@H]2[C@H](CN1C(=O)[C@@H](NC(=O)OC1CCCCC1)C1CCCCC1)C2(Cl)Cl. The summed E-state index contributed by atoms with van der Waals surface area (Å²) in [6.07, 6.45) is 10.7. The molecule has 1 saturated heterocycles. The van der Waals surface area contributed by atoms with Crippen LogP contribution in [0.5, 0.6) is 0 Å². The number of alkyl carbamates (subject to hydrolysis) is 1. The Balaban J connectivity index is 1.33. The molecule has 4 amide bonds. The lowest BCUT2D eigenvalue weighted by molar-refractivity contribution is -0.144. The highest BCUT2D eigenvalue weighted by molar-refractivity contribution is 6.51. The van der Waals surface area contributed by atoms with E-state index >= 15 is 0 Å². The van der Waals surface area contributed by atoms with E-state index in [1.165, 1.54) is 4.90 Å². The van der Waals surface area contributed by atoms with Crippen LogP contribution < -0.4 is 16.4 Å². The van der Waals surface area contributed by atoms with Crippen LogP contribution in [-0.4, -0.2) is 69.6 Å². The second kappa shape index (κ2) is 12.0. The van der Waals surface area contributed by atoms with Crippen molar-refractivity contribution in [2.75, 3.05) is 6.54 Å². The van der Waals surface area contributed by atoms with Gasteiger partial charge >= 0.3 is 6.09 Å². The summed E-state index contributed by atoms with van der Waals surface area (Å²) < 4.78 is 4.51. The van der Waals surface area contributed by atoms with Crippen molar-refractivity contribution in [2.45, 2.75) is 112 Å². The highest BCUT2D eigenvalue weighted by atomic mass is 35.5. The number of alkyl halides is 2. The number of rotatable bonds is 10. The van der Waals surface area contributed by atoms with Crippen LogP contribution in [0.3, 0.4) is 0 Å². The van der Waals surface area contributed by atoms with E-state index in [1.54, 1.807) is 0 Å². The summed E-state index contributed by atoms with van der Waals surface area (Å²) >= 11 is 13.0. The lowest BCUT2D eigenvalue weighted by Gasteiger charge is -2.36. The van der Waals surface area contributed by atoms with Gasteiger partial charge in [-0.15, -0.1) is 23.2 Å². The summed E-state index contributed by atoms with van der Waals surface area (Å²) in [6, 6.07) is -2.94. The van der Waals surface area contributed by atoms with Crippen molar-refractivity contribution in [1.29, 1.82) is 0 Å². The molecular formula is C28H40Cl2N4O6. The maximum Gasteiger partial charge on any atom is 0.408 e. The molecule has 0 radical (unpaired) electrons. The van der Waals surface area contributed by atoms with Gasteiger partial charge in [0, 0.05) is 18.4 Å². The van der Waals surface area contributed by atoms with Gasteiger partial charge in [0.25, 0.3) is 5.91 Å². The number of Topliss-reactive ketones (excluding diaryl/α,β-unsaturated/α-hetero) is 1. The van der Waals surface area contributed by atoms with E-state index in [4.69, 9.17) is 33.7 Å². The van der Waals surface area contributed by atoms with Gasteiger partial charge in [-0.3, -0.25) is 19.2 Å². The third kappa shape index (κ3) is 6.37. The smallest absolute Gasteiger partial charge is 0.408 e. The number of ketones is 1. The topological polar surface area (TPSA) is 148 Å². The number of piperidine rings is 1. The normalized spacial score (nSPS) is 29.6. The maximum absolute atomic E-state index is 14.1. The quantitative estimate of drug-likeness (QED) is 0.260. The molecular weight excluding hydrogens is 559 g/mol. The fraction of sp³-hybridized carbons (Fsp3) is 0.821. The van der Waals surface area contributed by atoms with E-state index in [2.05, 4.69) is 10.6 Å². The standard InChI is InChI=1S/C28H40Cl2N4O6/c29-28(30)18-14-34(22(20(18)28)25(37)32-19(13-15-11-12-15)23(35)24(31)36)26(38)21(16-7-3-1-4-8-16)33-27(39)40-17-9-5-2-6-10-17/h15-22H,1-14H2,(H2,31,36)(H,32,37)(H,33,39)/t18-,19?,20-,21-,22-/m0/s1. The van der Waals surface area contributed by atoms with E-state index < -0.39 is 52.1 Å². The molecule has 40 heavy (non-hydrogen) atoms. The van der Waals surface area contributed by atoms with Crippen LogP contribution in [0.15, 0.2) is 0 Å². The number of nitrogens with two attached hydrogens (primary N) is 1. The lowest BCUT2D eigenvalue weighted by Crippen LogP contribution is -2.59. The van der Waals surface area contributed by atoms with Crippen LogP contribution in [0, 0.1) is 23.7 Å². The van der Waals surface area contributed by atoms with E-state index in [-0.39, 0.29) is 36.3 Å². The van der Waals surface area contributed by atoms with Gasteiger partial charge in [-0.2, -0.15) is 0 Å². The van der Waals surface area contributed by atoms with Crippen LogP contribution in [0.25, 0.3) is 0 Å². The Morgan fingerprint density at radius 3 is 2.12 bits per heavy atom. The fourth-order valence-corrected chi connectivity index (χ4v) is 7.83. The Kier molecular flexibility index (Phi) is 8.86.